The Morgan fingerprint density at radius 3 is 2.33 bits per heavy atom. The predicted molar refractivity (Wildman–Crippen MR) is 103 cm³/mol. The van der Waals surface area contributed by atoms with Crippen molar-refractivity contribution < 1.29 is 19.1 Å². The molecule has 0 fully saturated rings. The largest absolute Gasteiger partial charge is 0.454 e. The second kappa shape index (κ2) is 7.19. The van der Waals surface area contributed by atoms with Gasteiger partial charge < -0.3 is 25.8 Å². The molecular formula is C20H23N3O4. The number of nitrogens with one attached hydrogen (secondary N) is 2. The topological polar surface area (TPSA) is 103 Å². The molecule has 2 aromatic carbocycles. The molecule has 1 aliphatic heterocycles. The molecule has 2 amide bonds. The highest BCUT2D eigenvalue weighted by atomic mass is 16.7. The van der Waals surface area contributed by atoms with Gasteiger partial charge in [0.15, 0.2) is 11.5 Å². The number of ether oxygens (including phenoxy) is 2. The van der Waals surface area contributed by atoms with Crippen LogP contribution in [0.5, 0.6) is 11.5 Å². The minimum Gasteiger partial charge on any atom is -0.454 e. The van der Waals surface area contributed by atoms with E-state index < -0.39 is 5.41 Å². The third-order valence-electron chi connectivity index (χ3n) is 4.14. The Morgan fingerprint density at radius 2 is 1.70 bits per heavy atom. The standard InChI is InChI=1S/C20H23N3O4/c1-20(2,3)19(25)22-10-12-4-6-13(7-5-12)18(24)23-15-9-17-16(8-14(15)21)26-11-27-17/h4-9H,10-11,21H2,1-3H3,(H,22,25)(H,23,24). The fourth-order valence-electron chi connectivity index (χ4n) is 2.48. The van der Waals surface area contributed by atoms with Crippen molar-refractivity contribution in [2.24, 2.45) is 5.41 Å². The molecule has 7 heteroatoms. The maximum Gasteiger partial charge on any atom is 0.255 e. The van der Waals surface area contributed by atoms with Crippen LogP contribution in [0.1, 0.15) is 36.7 Å². The van der Waals surface area contributed by atoms with Crippen molar-refractivity contribution >= 4 is 23.2 Å². The Balaban J connectivity index is 1.64. The Bertz CT molecular complexity index is 870. The van der Waals surface area contributed by atoms with Gasteiger partial charge in [-0.15, -0.1) is 0 Å². The first-order valence-corrected chi connectivity index (χ1v) is 8.62. The Hall–Kier alpha value is -3.22. The first-order valence-electron chi connectivity index (χ1n) is 8.62. The maximum atomic E-state index is 12.5. The van der Waals surface area contributed by atoms with Crippen LogP contribution in [0.15, 0.2) is 36.4 Å². The van der Waals surface area contributed by atoms with Gasteiger partial charge in [0.25, 0.3) is 5.91 Å². The van der Waals surface area contributed by atoms with Crippen molar-refractivity contribution in [2.45, 2.75) is 27.3 Å². The van der Waals surface area contributed by atoms with E-state index in [4.69, 9.17) is 15.2 Å². The second-order valence-electron chi connectivity index (χ2n) is 7.38. The number of hydrogen-bond acceptors (Lipinski definition) is 5. The molecule has 3 rings (SSSR count). The molecule has 0 spiro atoms. The van der Waals surface area contributed by atoms with Crippen molar-refractivity contribution in [3.8, 4) is 11.5 Å². The highest BCUT2D eigenvalue weighted by Gasteiger charge is 2.20. The molecule has 2 aromatic rings. The van der Waals surface area contributed by atoms with Crippen molar-refractivity contribution in [1.82, 2.24) is 5.32 Å². The number of benzene rings is 2. The fraction of sp³-hybridized carbons (Fsp3) is 0.300. The zero-order valence-corrected chi connectivity index (χ0v) is 15.6. The van der Waals surface area contributed by atoms with E-state index in [9.17, 15) is 9.59 Å². The van der Waals surface area contributed by atoms with Gasteiger partial charge in [-0.3, -0.25) is 9.59 Å². The molecule has 1 heterocycles. The summed E-state index contributed by atoms with van der Waals surface area (Å²) in [6.07, 6.45) is 0. The van der Waals surface area contributed by atoms with Gasteiger partial charge in [0.1, 0.15) is 0 Å². The van der Waals surface area contributed by atoms with Gasteiger partial charge in [-0.2, -0.15) is 0 Å². The van der Waals surface area contributed by atoms with Gasteiger partial charge in [0, 0.05) is 29.7 Å². The van der Waals surface area contributed by atoms with E-state index in [1.165, 1.54) is 0 Å². The normalized spacial score (nSPS) is 12.6. The molecule has 0 aromatic heterocycles. The molecule has 4 N–H and O–H groups in total. The summed E-state index contributed by atoms with van der Waals surface area (Å²) in [6.45, 7) is 6.12. The van der Waals surface area contributed by atoms with E-state index in [1.54, 1.807) is 36.4 Å². The summed E-state index contributed by atoms with van der Waals surface area (Å²) >= 11 is 0. The zero-order valence-electron chi connectivity index (χ0n) is 15.6. The lowest BCUT2D eigenvalue weighted by Gasteiger charge is -2.17. The van der Waals surface area contributed by atoms with E-state index in [1.807, 2.05) is 20.8 Å². The highest BCUT2D eigenvalue weighted by molar-refractivity contribution is 6.06. The van der Waals surface area contributed by atoms with E-state index in [0.717, 1.165) is 5.56 Å². The molecule has 0 aliphatic carbocycles. The molecule has 7 nitrogen and oxygen atoms in total. The van der Waals surface area contributed by atoms with Crippen LogP contribution in [0.25, 0.3) is 0 Å². The van der Waals surface area contributed by atoms with Crippen molar-refractivity contribution in [1.29, 1.82) is 0 Å². The van der Waals surface area contributed by atoms with Crippen molar-refractivity contribution in [2.75, 3.05) is 17.8 Å². The predicted octanol–water partition coefficient (Wildman–Crippen LogP) is 2.91. The lowest BCUT2D eigenvalue weighted by atomic mass is 9.95. The van der Waals surface area contributed by atoms with Crippen LogP contribution in [0.4, 0.5) is 11.4 Å². The average Bonchev–Trinajstić information content (AvgIpc) is 3.06. The third kappa shape index (κ3) is 4.31. The number of carbonyl (C=O) groups is 2. The monoisotopic (exact) mass is 369 g/mol. The highest BCUT2D eigenvalue weighted by Crippen LogP contribution is 2.38. The molecule has 0 saturated heterocycles. The summed E-state index contributed by atoms with van der Waals surface area (Å²) < 4.78 is 10.6. The third-order valence-corrected chi connectivity index (χ3v) is 4.14. The number of nitrogen functional groups attached to an aromatic ring is 1. The van der Waals surface area contributed by atoms with Crippen molar-refractivity contribution in [3.05, 3.63) is 47.5 Å². The smallest absolute Gasteiger partial charge is 0.255 e. The van der Waals surface area contributed by atoms with Crippen LogP contribution in [0.3, 0.4) is 0 Å². The van der Waals surface area contributed by atoms with Crippen LogP contribution in [0, 0.1) is 5.41 Å². The molecule has 0 atom stereocenters. The number of nitrogens with two attached hydrogens (primary N) is 1. The van der Waals surface area contributed by atoms with Crippen molar-refractivity contribution in [3.63, 3.8) is 0 Å². The summed E-state index contributed by atoms with van der Waals surface area (Å²) in [5.74, 6) is 0.796. The summed E-state index contributed by atoms with van der Waals surface area (Å²) in [7, 11) is 0. The van der Waals surface area contributed by atoms with Gasteiger partial charge in [0.2, 0.25) is 12.7 Å². The van der Waals surface area contributed by atoms with Gasteiger partial charge >= 0.3 is 0 Å². The first kappa shape index (κ1) is 18.6. The number of amides is 2. The SMILES string of the molecule is CC(C)(C)C(=O)NCc1ccc(C(=O)Nc2cc3c(cc2N)OCO3)cc1. The number of hydrogen-bond donors (Lipinski definition) is 3. The minimum atomic E-state index is -0.440. The summed E-state index contributed by atoms with van der Waals surface area (Å²) in [5.41, 5.74) is 7.77. The van der Waals surface area contributed by atoms with Crippen LogP contribution in [-0.2, 0) is 11.3 Å². The molecule has 27 heavy (non-hydrogen) atoms. The van der Waals surface area contributed by atoms with Gasteiger partial charge in [-0.25, -0.2) is 0 Å². The molecular weight excluding hydrogens is 346 g/mol. The summed E-state index contributed by atoms with van der Waals surface area (Å²) in [6, 6.07) is 10.3. The molecule has 142 valence electrons. The first-order chi connectivity index (χ1) is 12.7. The van der Waals surface area contributed by atoms with Gasteiger partial charge in [-0.1, -0.05) is 32.9 Å². The second-order valence-corrected chi connectivity index (χ2v) is 7.38. The number of anilines is 2. The Morgan fingerprint density at radius 1 is 1.07 bits per heavy atom. The van der Waals surface area contributed by atoms with E-state index in [2.05, 4.69) is 10.6 Å². The number of rotatable bonds is 4. The Labute approximate surface area is 157 Å². The number of fused-ring (bicyclic) bond motifs is 1. The van der Waals surface area contributed by atoms with Crippen LogP contribution >= 0.6 is 0 Å². The average molecular weight is 369 g/mol. The fourth-order valence-corrected chi connectivity index (χ4v) is 2.48. The lowest BCUT2D eigenvalue weighted by Crippen LogP contribution is -2.34. The Kier molecular flexibility index (Phi) is 4.94. The van der Waals surface area contributed by atoms with E-state index in [0.29, 0.717) is 35.0 Å². The maximum absolute atomic E-state index is 12.5. The van der Waals surface area contributed by atoms with Crippen LogP contribution < -0.4 is 25.8 Å². The quantitative estimate of drug-likeness (QED) is 0.719. The minimum absolute atomic E-state index is 0.0254. The van der Waals surface area contributed by atoms with E-state index in [-0.39, 0.29) is 18.6 Å². The molecule has 0 saturated carbocycles. The lowest BCUT2D eigenvalue weighted by molar-refractivity contribution is -0.128. The summed E-state index contributed by atoms with van der Waals surface area (Å²) in [5, 5.41) is 5.65. The van der Waals surface area contributed by atoms with Crippen LogP contribution in [0.2, 0.25) is 0 Å². The summed E-state index contributed by atoms with van der Waals surface area (Å²) in [4.78, 5) is 24.4. The molecule has 0 unspecified atom stereocenters. The van der Waals surface area contributed by atoms with E-state index >= 15 is 0 Å². The van der Waals surface area contributed by atoms with Crippen LogP contribution in [-0.4, -0.2) is 18.6 Å². The van der Waals surface area contributed by atoms with Gasteiger partial charge in [0.05, 0.1) is 11.4 Å². The van der Waals surface area contributed by atoms with Gasteiger partial charge in [-0.05, 0) is 17.7 Å². The molecule has 0 bridgehead atoms. The zero-order chi connectivity index (χ0) is 19.6. The molecule has 0 radical (unpaired) electrons. The number of carbonyl (C=O) groups excluding carboxylic acids is 2. The molecule has 1 aliphatic rings.